The summed E-state index contributed by atoms with van der Waals surface area (Å²) >= 11 is 0. The SMILES string of the molecule is COc1ccc(/C=C2/NC(=O)N(Cc3ccccc3)C2=O)cc1O. The molecule has 1 fully saturated rings. The average molecular weight is 324 g/mol. The first-order valence-corrected chi connectivity index (χ1v) is 7.34. The molecule has 2 N–H and O–H groups in total. The van der Waals surface area contributed by atoms with E-state index in [1.165, 1.54) is 19.3 Å². The number of carbonyl (C=O) groups is 2. The highest BCUT2D eigenvalue weighted by Gasteiger charge is 2.33. The lowest BCUT2D eigenvalue weighted by Gasteiger charge is -2.11. The first kappa shape index (κ1) is 15.6. The fourth-order valence-corrected chi connectivity index (χ4v) is 2.44. The molecule has 2 aromatic carbocycles. The Morgan fingerprint density at radius 2 is 1.92 bits per heavy atom. The Hall–Kier alpha value is -3.28. The number of hydrogen-bond donors (Lipinski definition) is 2. The number of urea groups is 1. The molecule has 0 radical (unpaired) electrons. The number of phenolic OH excluding ortho intramolecular Hbond substituents is 1. The van der Waals surface area contributed by atoms with Gasteiger partial charge in [0.1, 0.15) is 5.70 Å². The first-order chi connectivity index (χ1) is 11.6. The Kier molecular flexibility index (Phi) is 4.20. The number of methoxy groups -OCH3 is 1. The molecule has 0 spiro atoms. The van der Waals surface area contributed by atoms with Crippen LogP contribution < -0.4 is 10.1 Å². The molecule has 0 atom stereocenters. The van der Waals surface area contributed by atoms with Crippen molar-refractivity contribution in [2.75, 3.05) is 7.11 Å². The van der Waals surface area contributed by atoms with Gasteiger partial charge >= 0.3 is 6.03 Å². The highest BCUT2D eigenvalue weighted by atomic mass is 16.5. The van der Waals surface area contributed by atoms with Crippen molar-refractivity contribution in [1.29, 1.82) is 0 Å². The molecule has 1 heterocycles. The Balaban J connectivity index is 1.82. The van der Waals surface area contributed by atoms with E-state index in [4.69, 9.17) is 4.74 Å². The van der Waals surface area contributed by atoms with Gasteiger partial charge in [0.2, 0.25) is 0 Å². The van der Waals surface area contributed by atoms with Gasteiger partial charge in [0, 0.05) is 0 Å². The van der Waals surface area contributed by atoms with Gasteiger partial charge in [-0.25, -0.2) is 4.79 Å². The Bertz CT molecular complexity index is 815. The van der Waals surface area contributed by atoms with Crippen LogP contribution in [0.2, 0.25) is 0 Å². The zero-order chi connectivity index (χ0) is 17.1. The summed E-state index contributed by atoms with van der Waals surface area (Å²) in [6.45, 7) is 0.205. The van der Waals surface area contributed by atoms with Gasteiger partial charge in [-0.2, -0.15) is 0 Å². The van der Waals surface area contributed by atoms with E-state index in [-0.39, 0.29) is 18.0 Å². The molecule has 1 aliphatic rings. The molecule has 0 unspecified atom stereocenters. The summed E-state index contributed by atoms with van der Waals surface area (Å²) in [7, 11) is 1.45. The van der Waals surface area contributed by atoms with E-state index in [0.717, 1.165) is 10.5 Å². The summed E-state index contributed by atoms with van der Waals surface area (Å²) in [5.41, 5.74) is 1.61. The largest absolute Gasteiger partial charge is 0.504 e. The van der Waals surface area contributed by atoms with Gasteiger partial charge in [-0.05, 0) is 29.3 Å². The molecule has 3 rings (SSSR count). The molecule has 24 heavy (non-hydrogen) atoms. The average Bonchev–Trinajstić information content (AvgIpc) is 2.84. The number of nitrogens with one attached hydrogen (secondary N) is 1. The van der Waals surface area contributed by atoms with Crippen molar-refractivity contribution in [3.63, 3.8) is 0 Å². The second-order valence-electron chi connectivity index (χ2n) is 5.30. The number of benzene rings is 2. The Labute approximate surface area is 139 Å². The van der Waals surface area contributed by atoms with E-state index in [9.17, 15) is 14.7 Å². The smallest absolute Gasteiger partial charge is 0.329 e. The minimum absolute atomic E-state index is 0.0373. The van der Waals surface area contributed by atoms with Crippen molar-refractivity contribution in [1.82, 2.24) is 10.2 Å². The van der Waals surface area contributed by atoms with Crippen LogP contribution in [-0.4, -0.2) is 29.1 Å². The topological polar surface area (TPSA) is 78.9 Å². The van der Waals surface area contributed by atoms with E-state index in [1.807, 2.05) is 30.3 Å². The molecule has 0 saturated carbocycles. The second kappa shape index (κ2) is 6.45. The van der Waals surface area contributed by atoms with E-state index in [1.54, 1.807) is 12.1 Å². The quantitative estimate of drug-likeness (QED) is 0.669. The lowest BCUT2D eigenvalue weighted by Crippen LogP contribution is -2.30. The maximum Gasteiger partial charge on any atom is 0.329 e. The predicted molar refractivity (Wildman–Crippen MR) is 88.2 cm³/mol. The highest BCUT2D eigenvalue weighted by Crippen LogP contribution is 2.27. The van der Waals surface area contributed by atoms with Crippen LogP contribution >= 0.6 is 0 Å². The molecule has 3 amide bonds. The van der Waals surface area contributed by atoms with Gasteiger partial charge in [-0.3, -0.25) is 9.69 Å². The number of ether oxygens (including phenoxy) is 1. The van der Waals surface area contributed by atoms with Gasteiger partial charge in [0.25, 0.3) is 5.91 Å². The molecule has 0 aromatic heterocycles. The van der Waals surface area contributed by atoms with Crippen LogP contribution in [0, 0.1) is 0 Å². The standard InChI is InChI=1S/C18H16N2O4/c1-24-16-8-7-13(10-15(16)21)9-14-17(22)20(18(23)19-14)11-12-5-3-2-4-6-12/h2-10,21H,11H2,1H3,(H,19,23)/b14-9+. The van der Waals surface area contributed by atoms with Crippen LogP contribution in [0.3, 0.4) is 0 Å². The molecule has 6 nitrogen and oxygen atoms in total. The number of rotatable bonds is 4. The van der Waals surface area contributed by atoms with E-state index in [0.29, 0.717) is 11.3 Å². The number of amides is 3. The number of nitrogens with zero attached hydrogens (tertiary/aromatic N) is 1. The number of hydrogen-bond acceptors (Lipinski definition) is 4. The second-order valence-corrected chi connectivity index (χ2v) is 5.30. The highest BCUT2D eigenvalue weighted by molar-refractivity contribution is 6.13. The van der Waals surface area contributed by atoms with Crippen molar-refractivity contribution in [2.24, 2.45) is 0 Å². The van der Waals surface area contributed by atoms with Crippen molar-refractivity contribution in [3.05, 3.63) is 65.4 Å². The Morgan fingerprint density at radius 1 is 1.17 bits per heavy atom. The zero-order valence-corrected chi connectivity index (χ0v) is 13.0. The summed E-state index contributed by atoms with van der Waals surface area (Å²) < 4.78 is 4.98. The molecular weight excluding hydrogens is 308 g/mol. The van der Waals surface area contributed by atoms with Crippen LogP contribution in [0.1, 0.15) is 11.1 Å². The molecule has 122 valence electrons. The lowest BCUT2D eigenvalue weighted by molar-refractivity contribution is -0.123. The van der Waals surface area contributed by atoms with E-state index >= 15 is 0 Å². The molecule has 1 saturated heterocycles. The minimum Gasteiger partial charge on any atom is -0.504 e. The van der Waals surface area contributed by atoms with Crippen LogP contribution in [0.5, 0.6) is 11.5 Å². The van der Waals surface area contributed by atoms with Gasteiger partial charge in [0.05, 0.1) is 13.7 Å². The summed E-state index contributed by atoms with van der Waals surface area (Å²) in [6, 6.07) is 13.5. The number of carbonyl (C=O) groups excluding carboxylic acids is 2. The molecule has 6 heteroatoms. The maximum atomic E-state index is 12.4. The Morgan fingerprint density at radius 3 is 2.58 bits per heavy atom. The predicted octanol–water partition coefficient (Wildman–Crippen LogP) is 2.49. The summed E-state index contributed by atoms with van der Waals surface area (Å²) in [4.78, 5) is 25.6. The van der Waals surface area contributed by atoms with Crippen molar-refractivity contribution >= 4 is 18.0 Å². The summed E-state index contributed by atoms with van der Waals surface area (Å²) in [5, 5.41) is 12.3. The van der Waals surface area contributed by atoms with Crippen LogP contribution in [0.4, 0.5) is 4.79 Å². The number of aromatic hydroxyl groups is 1. The number of phenols is 1. The molecular formula is C18H16N2O4. The third-order valence-corrected chi connectivity index (χ3v) is 3.66. The van der Waals surface area contributed by atoms with Crippen molar-refractivity contribution in [2.45, 2.75) is 6.54 Å². The minimum atomic E-state index is -0.465. The third kappa shape index (κ3) is 3.08. The first-order valence-electron chi connectivity index (χ1n) is 7.34. The van der Waals surface area contributed by atoms with Gasteiger partial charge in [0.15, 0.2) is 11.5 Å². The number of imide groups is 1. The zero-order valence-electron chi connectivity index (χ0n) is 13.0. The monoisotopic (exact) mass is 324 g/mol. The third-order valence-electron chi connectivity index (χ3n) is 3.66. The van der Waals surface area contributed by atoms with Gasteiger partial charge in [-0.15, -0.1) is 0 Å². The molecule has 2 aromatic rings. The van der Waals surface area contributed by atoms with Crippen LogP contribution in [0.15, 0.2) is 54.2 Å². The fraction of sp³-hybridized carbons (Fsp3) is 0.111. The van der Waals surface area contributed by atoms with Gasteiger partial charge in [-0.1, -0.05) is 36.4 Å². The van der Waals surface area contributed by atoms with Crippen LogP contribution in [-0.2, 0) is 11.3 Å². The normalized spacial score (nSPS) is 15.7. The lowest BCUT2D eigenvalue weighted by atomic mass is 10.1. The maximum absolute atomic E-state index is 12.4. The van der Waals surface area contributed by atoms with E-state index < -0.39 is 11.9 Å². The van der Waals surface area contributed by atoms with Crippen LogP contribution in [0.25, 0.3) is 6.08 Å². The van der Waals surface area contributed by atoms with Crippen molar-refractivity contribution in [3.8, 4) is 11.5 Å². The van der Waals surface area contributed by atoms with Crippen molar-refractivity contribution < 1.29 is 19.4 Å². The summed E-state index contributed by atoms with van der Waals surface area (Å²) in [6.07, 6.45) is 1.52. The van der Waals surface area contributed by atoms with E-state index in [2.05, 4.69) is 5.32 Å². The molecule has 1 aliphatic heterocycles. The summed E-state index contributed by atoms with van der Waals surface area (Å²) in [5.74, 6) is -0.103. The fourth-order valence-electron chi connectivity index (χ4n) is 2.44. The molecule has 0 aliphatic carbocycles. The molecule has 0 bridgehead atoms. The van der Waals surface area contributed by atoms with Gasteiger partial charge < -0.3 is 15.2 Å².